The standard InChI is InChI=1S/C20H20N4O2/c25-19(14-4-3-9-21-12-14)23-15-7-10-24(11-8-15)20(26)17-13-22-18-6-2-1-5-16(17)18/h1-6,9,12-13,15,22H,7-8,10-11H2,(H,23,25). The van der Waals surface area contributed by atoms with Crippen LogP contribution < -0.4 is 5.32 Å². The molecule has 1 saturated heterocycles. The maximum atomic E-state index is 12.8. The van der Waals surface area contributed by atoms with Crippen molar-refractivity contribution in [1.29, 1.82) is 0 Å². The first-order valence-electron chi connectivity index (χ1n) is 8.78. The Bertz CT molecular complexity index is 927. The average molecular weight is 348 g/mol. The van der Waals surface area contributed by atoms with Crippen molar-refractivity contribution in [2.24, 2.45) is 0 Å². The van der Waals surface area contributed by atoms with E-state index in [4.69, 9.17) is 0 Å². The monoisotopic (exact) mass is 348 g/mol. The number of carbonyl (C=O) groups excluding carboxylic acids is 2. The number of benzene rings is 1. The van der Waals surface area contributed by atoms with Crippen LogP contribution in [-0.2, 0) is 0 Å². The number of fused-ring (bicyclic) bond motifs is 1. The summed E-state index contributed by atoms with van der Waals surface area (Å²) < 4.78 is 0. The highest BCUT2D eigenvalue weighted by Gasteiger charge is 2.26. The van der Waals surface area contributed by atoms with E-state index in [0.717, 1.165) is 23.7 Å². The van der Waals surface area contributed by atoms with E-state index in [1.807, 2.05) is 29.2 Å². The van der Waals surface area contributed by atoms with Crippen LogP contribution in [0.1, 0.15) is 33.6 Å². The molecule has 1 aliphatic heterocycles. The molecule has 0 unspecified atom stereocenters. The number of aromatic amines is 1. The summed E-state index contributed by atoms with van der Waals surface area (Å²) in [6.07, 6.45) is 6.49. The summed E-state index contributed by atoms with van der Waals surface area (Å²) in [5, 5.41) is 3.98. The van der Waals surface area contributed by atoms with Crippen LogP contribution in [0.4, 0.5) is 0 Å². The summed E-state index contributed by atoms with van der Waals surface area (Å²) in [7, 11) is 0. The first-order chi connectivity index (χ1) is 12.7. The molecule has 1 aromatic carbocycles. The third-order valence-corrected chi connectivity index (χ3v) is 4.86. The van der Waals surface area contributed by atoms with Crippen molar-refractivity contribution in [3.63, 3.8) is 0 Å². The molecule has 0 radical (unpaired) electrons. The Hall–Kier alpha value is -3.15. The lowest BCUT2D eigenvalue weighted by Gasteiger charge is -2.32. The maximum Gasteiger partial charge on any atom is 0.256 e. The van der Waals surface area contributed by atoms with Crippen LogP contribution in [-0.4, -0.2) is 45.8 Å². The number of nitrogens with zero attached hydrogens (tertiary/aromatic N) is 2. The third kappa shape index (κ3) is 3.18. The fourth-order valence-corrected chi connectivity index (χ4v) is 3.41. The number of hydrogen-bond donors (Lipinski definition) is 2. The fraction of sp³-hybridized carbons (Fsp3) is 0.250. The van der Waals surface area contributed by atoms with Crippen LogP contribution in [0.15, 0.2) is 55.0 Å². The fourth-order valence-electron chi connectivity index (χ4n) is 3.41. The van der Waals surface area contributed by atoms with Crippen molar-refractivity contribution in [1.82, 2.24) is 20.2 Å². The van der Waals surface area contributed by atoms with Gasteiger partial charge in [-0.15, -0.1) is 0 Å². The van der Waals surface area contributed by atoms with Crippen molar-refractivity contribution in [2.75, 3.05) is 13.1 Å². The van der Waals surface area contributed by atoms with Gasteiger partial charge in [0, 0.05) is 48.6 Å². The number of carbonyl (C=O) groups is 2. The molecule has 0 saturated carbocycles. The molecule has 26 heavy (non-hydrogen) atoms. The van der Waals surface area contributed by atoms with Crippen LogP contribution >= 0.6 is 0 Å². The molecular weight excluding hydrogens is 328 g/mol. The molecule has 132 valence electrons. The summed E-state index contributed by atoms with van der Waals surface area (Å²) in [6.45, 7) is 1.27. The summed E-state index contributed by atoms with van der Waals surface area (Å²) in [4.78, 5) is 34.0. The summed E-state index contributed by atoms with van der Waals surface area (Å²) in [5.74, 6) is -0.0704. The van der Waals surface area contributed by atoms with Gasteiger partial charge in [0.25, 0.3) is 11.8 Å². The quantitative estimate of drug-likeness (QED) is 0.764. The number of likely N-dealkylation sites (tertiary alicyclic amines) is 1. The van der Waals surface area contributed by atoms with Gasteiger partial charge in [0.2, 0.25) is 0 Å². The van der Waals surface area contributed by atoms with Crippen LogP contribution in [0, 0.1) is 0 Å². The predicted octanol–water partition coefficient (Wildman–Crippen LogP) is 2.60. The van der Waals surface area contributed by atoms with E-state index >= 15 is 0 Å². The second-order valence-electron chi connectivity index (χ2n) is 6.53. The van der Waals surface area contributed by atoms with Gasteiger partial charge < -0.3 is 15.2 Å². The van der Waals surface area contributed by atoms with Gasteiger partial charge in [-0.2, -0.15) is 0 Å². The predicted molar refractivity (Wildman–Crippen MR) is 98.9 cm³/mol. The van der Waals surface area contributed by atoms with Gasteiger partial charge >= 0.3 is 0 Å². The second-order valence-corrected chi connectivity index (χ2v) is 6.53. The Morgan fingerprint density at radius 3 is 2.69 bits per heavy atom. The van der Waals surface area contributed by atoms with Crippen LogP contribution in [0.5, 0.6) is 0 Å². The highest BCUT2D eigenvalue weighted by Crippen LogP contribution is 2.21. The van der Waals surface area contributed by atoms with Crippen LogP contribution in [0.3, 0.4) is 0 Å². The molecule has 0 atom stereocenters. The van der Waals surface area contributed by atoms with E-state index in [-0.39, 0.29) is 17.9 Å². The minimum absolute atomic E-state index is 0.0412. The lowest BCUT2D eigenvalue weighted by molar-refractivity contribution is 0.0700. The molecule has 3 heterocycles. The van der Waals surface area contributed by atoms with Gasteiger partial charge in [-0.25, -0.2) is 0 Å². The topological polar surface area (TPSA) is 78.1 Å². The molecule has 2 aromatic heterocycles. The highest BCUT2D eigenvalue weighted by atomic mass is 16.2. The smallest absolute Gasteiger partial charge is 0.256 e. The number of hydrogen-bond acceptors (Lipinski definition) is 3. The molecule has 2 amide bonds. The normalized spacial score (nSPS) is 15.2. The number of H-pyrrole nitrogens is 1. The van der Waals surface area contributed by atoms with E-state index in [1.165, 1.54) is 0 Å². The lowest BCUT2D eigenvalue weighted by atomic mass is 10.0. The van der Waals surface area contributed by atoms with Crippen molar-refractivity contribution >= 4 is 22.7 Å². The van der Waals surface area contributed by atoms with Gasteiger partial charge in [0.05, 0.1) is 11.1 Å². The summed E-state index contributed by atoms with van der Waals surface area (Å²) in [5.41, 5.74) is 2.23. The van der Waals surface area contributed by atoms with Crippen molar-refractivity contribution in [3.8, 4) is 0 Å². The molecule has 4 rings (SSSR count). The van der Waals surface area contributed by atoms with Gasteiger partial charge in [-0.05, 0) is 31.0 Å². The van der Waals surface area contributed by atoms with E-state index < -0.39 is 0 Å². The first kappa shape index (κ1) is 16.3. The Kier molecular flexibility index (Phi) is 4.39. The van der Waals surface area contributed by atoms with Gasteiger partial charge in [0.15, 0.2) is 0 Å². The number of aromatic nitrogens is 2. The van der Waals surface area contributed by atoms with Crippen LogP contribution in [0.2, 0.25) is 0 Å². The average Bonchev–Trinajstić information content (AvgIpc) is 3.13. The highest BCUT2D eigenvalue weighted by molar-refractivity contribution is 6.06. The van der Waals surface area contributed by atoms with E-state index in [0.29, 0.717) is 24.2 Å². The van der Waals surface area contributed by atoms with E-state index in [9.17, 15) is 9.59 Å². The molecule has 1 fully saturated rings. The SMILES string of the molecule is O=C(NC1CCN(C(=O)c2c[nH]c3ccccc23)CC1)c1cccnc1. The zero-order chi connectivity index (χ0) is 17.9. The zero-order valence-corrected chi connectivity index (χ0v) is 14.3. The number of piperidine rings is 1. The molecular formula is C20H20N4O2. The summed E-state index contributed by atoms with van der Waals surface area (Å²) >= 11 is 0. The number of nitrogens with one attached hydrogen (secondary N) is 2. The number of pyridine rings is 1. The van der Waals surface area contributed by atoms with Crippen molar-refractivity contribution in [3.05, 3.63) is 66.1 Å². The van der Waals surface area contributed by atoms with Crippen molar-refractivity contribution < 1.29 is 9.59 Å². The Labute approximate surface area is 151 Å². The lowest BCUT2D eigenvalue weighted by Crippen LogP contribution is -2.46. The summed E-state index contributed by atoms with van der Waals surface area (Å²) in [6, 6.07) is 11.4. The van der Waals surface area contributed by atoms with Crippen molar-refractivity contribution in [2.45, 2.75) is 18.9 Å². The molecule has 6 nitrogen and oxygen atoms in total. The Balaban J connectivity index is 1.37. The maximum absolute atomic E-state index is 12.8. The second kappa shape index (κ2) is 7.00. The minimum atomic E-state index is -0.112. The number of rotatable bonds is 3. The molecule has 1 aliphatic rings. The minimum Gasteiger partial charge on any atom is -0.360 e. The molecule has 3 aromatic rings. The zero-order valence-electron chi connectivity index (χ0n) is 14.3. The van der Waals surface area contributed by atoms with Gasteiger partial charge in [-0.1, -0.05) is 18.2 Å². The Morgan fingerprint density at radius 1 is 1.12 bits per heavy atom. The number of para-hydroxylation sites is 1. The van der Waals surface area contributed by atoms with E-state index in [2.05, 4.69) is 15.3 Å². The molecule has 0 spiro atoms. The van der Waals surface area contributed by atoms with E-state index in [1.54, 1.807) is 30.7 Å². The molecule has 0 aliphatic carbocycles. The number of amides is 2. The molecule has 6 heteroatoms. The Morgan fingerprint density at radius 2 is 1.92 bits per heavy atom. The third-order valence-electron chi connectivity index (χ3n) is 4.86. The van der Waals surface area contributed by atoms with Gasteiger partial charge in [0.1, 0.15) is 0 Å². The molecule has 2 N–H and O–H groups in total. The molecule has 0 bridgehead atoms. The van der Waals surface area contributed by atoms with Gasteiger partial charge in [-0.3, -0.25) is 14.6 Å². The first-order valence-corrected chi connectivity index (χ1v) is 8.78. The van der Waals surface area contributed by atoms with Crippen LogP contribution in [0.25, 0.3) is 10.9 Å². The largest absolute Gasteiger partial charge is 0.360 e.